The number of quaternary nitrogens is 1. The molecule has 0 amide bonds. The number of aliphatic carboxylic acids is 2. The smallest absolute Gasteiger partial charge is 0.328 e. The summed E-state index contributed by atoms with van der Waals surface area (Å²) >= 11 is 0. The summed E-state index contributed by atoms with van der Waals surface area (Å²) < 4.78 is 0.990. The number of benzene rings is 1. The van der Waals surface area contributed by atoms with E-state index in [1.54, 1.807) is 0 Å². The van der Waals surface area contributed by atoms with Gasteiger partial charge >= 0.3 is 11.9 Å². The summed E-state index contributed by atoms with van der Waals surface area (Å²) in [6, 6.07) is 10.6. The molecule has 0 radical (unpaired) electrons. The fourth-order valence-electron chi connectivity index (χ4n) is 1.27. The largest absolute Gasteiger partial charge is 0.478 e. The van der Waals surface area contributed by atoms with Gasteiger partial charge in [-0.2, -0.15) is 0 Å². The van der Waals surface area contributed by atoms with E-state index in [4.69, 9.17) is 10.2 Å². The molecule has 1 rings (SSSR count). The summed E-state index contributed by atoms with van der Waals surface area (Å²) in [4.78, 5) is 19.1. The van der Waals surface area contributed by atoms with Gasteiger partial charge in [-0.1, -0.05) is 30.3 Å². The third kappa shape index (κ3) is 12.1. The molecule has 1 aromatic carbocycles. The van der Waals surface area contributed by atoms with Gasteiger partial charge in [-0.3, -0.25) is 0 Å². The van der Waals surface area contributed by atoms with Gasteiger partial charge in [0.05, 0.1) is 21.1 Å². The Bertz CT molecular complexity index is 417. The lowest BCUT2D eigenvalue weighted by molar-refractivity contribution is -0.884. The average Bonchev–Trinajstić information content (AvgIpc) is 2.26. The van der Waals surface area contributed by atoms with Crippen molar-refractivity contribution in [2.75, 3.05) is 21.1 Å². The maximum atomic E-state index is 9.55. The van der Waals surface area contributed by atoms with E-state index in [-0.39, 0.29) is 0 Å². The van der Waals surface area contributed by atoms with Crippen LogP contribution in [0.15, 0.2) is 42.5 Å². The van der Waals surface area contributed by atoms with Gasteiger partial charge in [0, 0.05) is 17.7 Å². The van der Waals surface area contributed by atoms with Crippen LogP contribution in [0.1, 0.15) is 5.56 Å². The summed E-state index contributed by atoms with van der Waals surface area (Å²) in [5, 5.41) is 15.6. The van der Waals surface area contributed by atoms with E-state index < -0.39 is 11.9 Å². The predicted molar refractivity (Wildman–Crippen MR) is 72.6 cm³/mol. The SMILES string of the molecule is C[N+](C)(C)Cc1ccccc1.O=C(O)/C=C/C(=O)O. The highest BCUT2D eigenvalue weighted by Crippen LogP contribution is 2.05. The molecule has 0 saturated carbocycles. The quantitative estimate of drug-likeness (QED) is 0.641. The van der Waals surface area contributed by atoms with Gasteiger partial charge < -0.3 is 14.7 Å². The Hall–Kier alpha value is -2.14. The molecule has 19 heavy (non-hydrogen) atoms. The van der Waals surface area contributed by atoms with Crippen LogP contribution in [-0.4, -0.2) is 47.8 Å². The highest BCUT2D eigenvalue weighted by atomic mass is 16.4. The Balaban J connectivity index is 0.000000362. The van der Waals surface area contributed by atoms with Crippen LogP contribution in [0.25, 0.3) is 0 Å². The maximum Gasteiger partial charge on any atom is 0.328 e. The van der Waals surface area contributed by atoms with Crippen LogP contribution in [-0.2, 0) is 16.1 Å². The second-order valence-electron chi connectivity index (χ2n) is 4.94. The molecule has 0 unspecified atom stereocenters. The molecule has 0 spiro atoms. The molecule has 1 aromatic rings. The molecule has 0 bridgehead atoms. The Morgan fingerprint density at radius 3 is 1.74 bits per heavy atom. The number of carboxylic acid groups (broad SMARTS) is 2. The first kappa shape index (κ1) is 16.9. The molecule has 104 valence electrons. The number of rotatable bonds is 4. The minimum atomic E-state index is -1.26. The topological polar surface area (TPSA) is 74.6 Å². The zero-order valence-electron chi connectivity index (χ0n) is 11.4. The first-order valence-corrected chi connectivity index (χ1v) is 5.69. The second kappa shape index (κ2) is 8.05. The molecule has 2 N–H and O–H groups in total. The lowest BCUT2D eigenvalue weighted by Gasteiger charge is -2.23. The predicted octanol–water partition coefficient (Wildman–Crippen LogP) is 1.60. The van der Waals surface area contributed by atoms with Crippen molar-refractivity contribution < 1.29 is 24.3 Å². The summed E-state index contributed by atoms with van der Waals surface area (Å²) in [6.45, 7) is 1.10. The Labute approximate surface area is 113 Å². The van der Waals surface area contributed by atoms with Crippen molar-refractivity contribution in [3.63, 3.8) is 0 Å². The Morgan fingerprint density at radius 1 is 1.00 bits per heavy atom. The number of hydrogen-bond donors (Lipinski definition) is 2. The molecule has 0 atom stereocenters. The van der Waals surface area contributed by atoms with Crippen LogP contribution in [0.3, 0.4) is 0 Å². The van der Waals surface area contributed by atoms with E-state index in [1.165, 1.54) is 5.56 Å². The van der Waals surface area contributed by atoms with Crippen molar-refractivity contribution in [3.05, 3.63) is 48.0 Å². The van der Waals surface area contributed by atoms with Crippen LogP contribution < -0.4 is 0 Å². The maximum absolute atomic E-state index is 9.55. The first-order chi connectivity index (χ1) is 8.70. The lowest BCUT2D eigenvalue weighted by Crippen LogP contribution is -2.33. The number of carbonyl (C=O) groups is 2. The lowest BCUT2D eigenvalue weighted by atomic mass is 10.2. The molecule has 0 aromatic heterocycles. The zero-order chi connectivity index (χ0) is 14.9. The van der Waals surface area contributed by atoms with E-state index in [1.807, 2.05) is 0 Å². The zero-order valence-corrected chi connectivity index (χ0v) is 11.4. The van der Waals surface area contributed by atoms with Gasteiger partial charge in [-0.15, -0.1) is 0 Å². The third-order valence-electron chi connectivity index (χ3n) is 1.87. The highest BCUT2D eigenvalue weighted by Gasteiger charge is 2.06. The Kier molecular flexibility index (Phi) is 7.14. The molecule has 0 aliphatic carbocycles. The fourth-order valence-corrected chi connectivity index (χ4v) is 1.27. The van der Waals surface area contributed by atoms with Crippen LogP contribution >= 0.6 is 0 Å². The van der Waals surface area contributed by atoms with Crippen molar-refractivity contribution in [3.8, 4) is 0 Å². The highest BCUT2D eigenvalue weighted by molar-refractivity contribution is 5.89. The number of nitrogens with zero attached hydrogens (tertiary/aromatic N) is 1. The number of carboxylic acids is 2. The summed E-state index contributed by atoms with van der Waals surface area (Å²) in [5.74, 6) is -2.51. The van der Waals surface area contributed by atoms with Gasteiger partial charge in [0.2, 0.25) is 0 Å². The van der Waals surface area contributed by atoms with Crippen molar-refractivity contribution in [1.29, 1.82) is 0 Å². The summed E-state index contributed by atoms with van der Waals surface area (Å²) in [7, 11) is 6.60. The molecule has 0 saturated heterocycles. The first-order valence-electron chi connectivity index (χ1n) is 5.69. The van der Waals surface area contributed by atoms with Gasteiger partial charge in [0.15, 0.2) is 0 Å². The van der Waals surface area contributed by atoms with E-state index in [9.17, 15) is 9.59 Å². The second-order valence-corrected chi connectivity index (χ2v) is 4.94. The van der Waals surface area contributed by atoms with Gasteiger partial charge in [-0.05, 0) is 0 Å². The summed E-state index contributed by atoms with van der Waals surface area (Å²) in [6.07, 6.45) is 1.12. The van der Waals surface area contributed by atoms with Gasteiger partial charge in [0.25, 0.3) is 0 Å². The molecule has 0 aliphatic heterocycles. The standard InChI is InChI=1S/C10H16N.C4H4O4/c1-11(2,3)9-10-7-5-4-6-8-10;5-3(6)1-2-4(7)8/h4-8H,9H2,1-3H3;1-2H,(H,5,6)(H,7,8)/q+1;/b;2-1+. The molecular weight excluding hydrogens is 246 g/mol. The average molecular weight is 266 g/mol. The fraction of sp³-hybridized carbons (Fsp3) is 0.286. The molecule has 5 nitrogen and oxygen atoms in total. The van der Waals surface area contributed by atoms with E-state index in [0.29, 0.717) is 12.2 Å². The van der Waals surface area contributed by atoms with Gasteiger partial charge in [0.1, 0.15) is 6.54 Å². The molecule has 0 fully saturated rings. The monoisotopic (exact) mass is 266 g/mol. The van der Waals surface area contributed by atoms with Crippen molar-refractivity contribution in [2.24, 2.45) is 0 Å². The van der Waals surface area contributed by atoms with E-state index >= 15 is 0 Å². The third-order valence-corrected chi connectivity index (χ3v) is 1.87. The molecular formula is C14H20NO4+. The minimum Gasteiger partial charge on any atom is -0.478 e. The van der Waals surface area contributed by atoms with Gasteiger partial charge in [-0.25, -0.2) is 9.59 Å². The van der Waals surface area contributed by atoms with Crippen LogP contribution in [0, 0.1) is 0 Å². The molecule has 0 aliphatic rings. The minimum absolute atomic E-state index is 0.558. The van der Waals surface area contributed by atoms with Crippen LogP contribution in [0.5, 0.6) is 0 Å². The number of hydrogen-bond acceptors (Lipinski definition) is 2. The van der Waals surface area contributed by atoms with E-state index in [0.717, 1.165) is 11.0 Å². The van der Waals surface area contributed by atoms with Crippen molar-refractivity contribution >= 4 is 11.9 Å². The molecule has 0 heterocycles. The Morgan fingerprint density at radius 2 is 1.42 bits per heavy atom. The van der Waals surface area contributed by atoms with Crippen LogP contribution in [0.4, 0.5) is 0 Å². The van der Waals surface area contributed by atoms with Crippen molar-refractivity contribution in [2.45, 2.75) is 6.54 Å². The van der Waals surface area contributed by atoms with Crippen molar-refractivity contribution in [1.82, 2.24) is 0 Å². The normalized spacial score (nSPS) is 10.7. The summed E-state index contributed by atoms with van der Waals surface area (Å²) in [5.41, 5.74) is 1.40. The van der Waals surface area contributed by atoms with Crippen LogP contribution in [0.2, 0.25) is 0 Å². The van der Waals surface area contributed by atoms with E-state index in [2.05, 4.69) is 51.5 Å². The molecule has 5 heteroatoms.